The van der Waals surface area contributed by atoms with Gasteiger partial charge in [0, 0.05) is 13.5 Å². The van der Waals surface area contributed by atoms with Crippen LogP contribution in [0.25, 0.3) is 0 Å². The Hall–Kier alpha value is -1.10. The Morgan fingerprint density at radius 3 is 2.24 bits per heavy atom. The van der Waals surface area contributed by atoms with Gasteiger partial charge in [0.1, 0.15) is 6.61 Å². The lowest BCUT2D eigenvalue weighted by molar-refractivity contribution is -0.160. The van der Waals surface area contributed by atoms with Crippen LogP contribution in [0.3, 0.4) is 0 Å². The summed E-state index contributed by atoms with van der Waals surface area (Å²) in [5, 5.41) is 0. The van der Waals surface area contributed by atoms with Crippen molar-refractivity contribution in [1.82, 2.24) is 4.90 Å². The molecule has 0 aromatic heterocycles. The lowest BCUT2D eigenvalue weighted by Crippen LogP contribution is -2.32. The monoisotopic (exact) mass is 245 g/mol. The van der Waals surface area contributed by atoms with Gasteiger partial charge < -0.3 is 14.4 Å². The zero-order valence-electron chi connectivity index (χ0n) is 11.4. The molecule has 0 radical (unpaired) electrons. The molecular weight excluding hydrogens is 222 g/mol. The number of esters is 2. The minimum atomic E-state index is -0.788. The Morgan fingerprint density at radius 2 is 1.76 bits per heavy atom. The summed E-state index contributed by atoms with van der Waals surface area (Å²) < 4.78 is 9.96. The lowest BCUT2D eigenvalue weighted by atomic mass is 9.95. The topological polar surface area (TPSA) is 55.8 Å². The number of hydrogen-bond donors (Lipinski definition) is 0. The Balaban J connectivity index is 3.90. The van der Waals surface area contributed by atoms with Gasteiger partial charge in [-0.05, 0) is 34.4 Å². The van der Waals surface area contributed by atoms with Crippen molar-refractivity contribution in [3.8, 4) is 0 Å². The minimum absolute atomic E-state index is 0.0504. The molecule has 0 aliphatic carbocycles. The van der Waals surface area contributed by atoms with E-state index in [2.05, 4.69) is 0 Å². The van der Waals surface area contributed by atoms with Gasteiger partial charge in [-0.1, -0.05) is 0 Å². The molecule has 5 heteroatoms. The predicted molar refractivity (Wildman–Crippen MR) is 64.5 cm³/mol. The summed E-state index contributed by atoms with van der Waals surface area (Å²) in [6, 6.07) is 0. The van der Waals surface area contributed by atoms with Crippen LogP contribution in [0.1, 0.15) is 27.2 Å². The van der Waals surface area contributed by atoms with Crippen LogP contribution in [0.5, 0.6) is 0 Å². The molecule has 0 unspecified atom stereocenters. The van der Waals surface area contributed by atoms with Crippen LogP contribution in [0, 0.1) is 5.41 Å². The fourth-order valence-corrected chi connectivity index (χ4v) is 1.08. The third-order valence-electron chi connectivity index (χ3n) is 2.17. The van der Waals surface area contributed by atoms with Crippen LogP contribution in [-0.4, -0.2) is 50.7 Å². The Morgan fingerprint density at radius 1 is 1.18 bits per heavy atom. The highest BCUT2D eigenvalue weighted by atomic mass is 16.5. The van der Waals surface area contributed by atoms with Crippen molar-refractivity contribution in [2.75, 3.05) is 33.9 Å². The van der Waals surface area contributed by atoms with Crippen molar-refractivity contribution in [1.29, 1.82) is 0 Å². The van der Waals surface area contributed by atoms with Crippen LogP contribution in [0.2, 0.25) is 0 Å². The summed E-state index contributed by atoms with van der Waals surface area (Å²) in [5.74, 6) is -0.726. The van der Waals surface area contributed by atoms with Crippen molar-refractivity contribution in [2.24, 2.45) is 5.41 Å². The van der Waals surface area contributed by atoms with Gasteiger partial charge >= 0.3 is 11.9 Å². The zero-order chi connectivity index (χ0) is 13.5. The first kappa shape index (κ1) is 15.9. The van der Waals surface area contributed by atoms with Gasteiger partial charge in [0.05, 0.1) is 12.0 Å². The molecule has 0 amide bonds. The van der Waals surface area contributed by atoms with Gasteiger partial charge in [-0.25, -0.2) is 0 Å². The summed E-state index contributed by atoms with van der Waals surface area (Å²) in [7, 11) is 3.93. The smallest absolute Gasteiger partial charge is 0.314 e. The van der Waals surface area contributed by atoms with E-state index in [1.165, 1.54) is 6.92 Å². The molecule has 0 heterocycles. The minimum Gasteiger partial charge on any atom is -0.465 e. The number of rotatable bonds is 7. The summed E-state index contributed by atoms with van der Waals surface area (Å²) in [6.45, 7) is 6.03. The third kappa shape index (κ3) is 7.74. The number of hydrogen-bond acceptors (Lipinski definition) is 5. The maximum absolute atomic E-state index is 11.7. The molecule has 0 rings (SSSR count). The molecule has 0 N–H and O–H groups in total. The molecule has 0 spiro atoms. The molecule has 0 aliphatic rings. The van der Waals surface area contributed by atoms with Crippen LogP contribution < -0.4 is 0 Å². The molecule has 0 aliphatic heterocycles. The molecule has 0 saturated carbocycles. The van der Waals surface area contributed by atoms with Gasteiger partial charge in [-0.2, -0.15) is 0 Å². The van der Waals surface area contributed by atoms with Crippen molar-refractivity contribution in [2.45, 2.75) is 27.2 Å². The van der Waals surface area contributed by atoms with Crippen LogP contribution >= 0.6 is 0 Å². The lowest BCUT2D eigenvalue weighted by Gasteiger charge is -2.22. The Kier molecular flexibility index (Phi) is 6.80. The van der Waals surface area contributed by atoms with Crippen LogP contribution in [0.4, 0.5) is 0 Å². The summed E-state index contributed by atoms with van der Waals surface area (Å²) in [6.07, 6.45) is 0.794. The maximum Gasteiger partial charge on any atom is 0.314 e. The zero-order valence-corrected chi connectivity index (χ0v) is 11.4. The molecule has 0 fully saturated rings. The van der Waals surface area contributed by atoms with Crippen LogP contribution in [-0.2, 0) is 19.1 Å². The Labute approximate surface area is 103 Å². The van der Waals surface area contributed by atoms with E-state index in [1.807, 2.05) is 19.0 Å². The van der Waals surface area contributed by atoms with Gasteiger partial charge in [0.15, 0.2) is 0 Å². The summed E-state index contributed by atoms with van der Waals surface area (Å²) in [4.78, 5) is 24.4. The van der Waals surface area contributed by atoms with Crippen molar-refractivity contribution in [3.63, 3.8) is 0 Å². The number of carbonyl (C=O) groups excluding carboxylic acids is 2. The highest BCUT2D eigenvalue weighted by Crippen LogP contribution is 2.18. The van der Waals surface area contributed by atoms with Gasteiger partial charge in [-0.3, -0.25) is 9.59 Å². The quantitative estimate of drug-likeness (QED) is 0.496. The molecular formula is C12H23NO4. The van der Waals surface area contributed by atoms with E-state index < -0.39 is 11.4 Å². The molecule has 0 saturated heterocycles. The third-order valence-corrected chi connectivity index (χ3v) is 2.17. The van der Waals surface area contributed by atoms with Crippen LogP contribution in [0.15, 0.2) is 0 Å². The molecule has 0 aromatic rings. The molecule has 5 nitrogen and oxygen atoms in total. The molecule has 100 valence electrons. The predicted octanol–water partition coefficient (Wildman–Crippen LogP) is 1.07. The number of carbonyl (C=O) groups is 2. The largest absolute Gasteiger partial charge is 0.465 e. The van der Waals surface area contributed by atoms with E-state index in [0.717, 1.165) is 13.0 Å². The molecule has 0 atom stereocenters. The van der Waals surface area contributed by atoms with E-state index >= 15 is 0 Å². The fourth-order valence-electron chi connectivity index (χ4n) is 1.08. The molecule has 17 heavy (non-hydrogen) atoms. The van der Waals surface area contributed by atoms with Crippen molar-refractivity contribution >= 4 is 11.9 Å². The maximum atomic E-state index is 11.7. The first-order valence-electron chi connectivity index (χ1n) is 5.71. The highest BCUT2D eigenvalue weighted by molar-refractivity contribution is 5.76. The van der Waals surface area contributed by atoms with E-state index in [0.29, 0.717) is 6.61 Å². The number of ether oxygens (including phenoxy) is 2. The Bertz CT molecular complexity index is 261. The second-order valence-corrected chi connectivity index (χ2v) is 4.96. The van der Waals surface area contributed by atoms with Crippen molar-refractivity contribution < 1.29 is 19.1 Å². The first-order valence-corrected chi connectivity index (χ1v) is 5.71. The normalized spacial score (nSPS) is 11.4. The molecule has 0 bridgehead atoms. The standard InChI is InChI=1S/C12H23NO4/c1-10(14)17-9-12(2,3)11(15)16-8-6-7-13(4)5/h6-9H2,1-5H3. The summed E-state index contributed by atoms with van der Waals surface area (Å²) >= 11 is 0. The van der Waals surface area contributed by atoms with Crippen molar-refractivity contribution in [3.05, 3.63) is 0 Å². The second-order valence-electron chi connectivity index (χ2n) is 4.96. The van der Waals surface area contributed by atoms with Gasteiger partial charge in [0.2, 0.25) is 0 Å². The first-order chi connectivity index (χ1) is 7.75. The summed E-state index contributed by atoms with van der Waals surface area (Å²) in [5.41, 5.74) is -0.788. The molecule has 0 aromatic carbocycles. The highest BCUT2D eigenvalue weighted by Gasteiger charge is 2.30. The SMILES string of the molecule is CC(=O)OCC(C)(C)C(=O)OCCCN(C)C. The second kappa shape index (κ2) is 7.27. The average Bonchev–Trinajstić information content (AvgIpc) is 2.21. The van der Waals surface area contributed by atoms with E-state index in [1.54, 1.807) is 13.8 Å². The number of nitrogens with zero attached hydrogens (tertiary/aromatic N) is 1. The average molecular weight is 245 g/mol. The van der Waals surface area contributed by atoms with Gasteiger partial charge in [-0.15, -0.1) is 0 Å². The fraction of sp³-hybridized carbons (Fsp3) is 0.833. The van der Waals surface area contributed by atoms with E-state index in [-0.39, 0.29) is 12.6 Å². The van der Waals surface area contributed by atoms with Gasteiger partial charge in [0.25, 0.3) is 0 Å². The van der Waals surface area contributed by atoms with E-state index in [9.17, 15) is 9.59 Å². The van der Waals surface area contributed by atoms with E-state index in [4.69, 9.17) is 9.47 Å².